The van der Waals surface area contributed by atoms with Crippen LogP contribution in [0.1, 0.15) is 18.5 Å². The molecule has 0 bridgehead atoms. The molecule has 1 aliphatic heterocycles. The van der Waals surface area contributed by atoms with E-state index in [0.29, 0.717) is 23.0 Å². The Labute approximate surface area is 120 Å². The predicted molar refractivity (Wildman–Crippen MR) is 70.0 cm³/mol. The number of pyridine rings is 1. The van der Waals surface area contributed by atoms with Crippen molar-refractivity contribution in [2.45, 2.75) is 25.1 Å². The Balaban J connectivity index is 2.41. The minimum absolute atomic E-state index is 0.0975. The summed E-state index contributed by atoms with van der Waals surface area (Å²) >= 11 is 1.86. The standard InChI is InChI=1S/C11H10F3IN2O2/c12-11(13,14)8-4-3-6(15)9(16-8)17-5-1-2-7(17)10(18)19/h3-4,7H,1-2,5H2,(H,18,19)/t7-/m0/s1. The van der Waals surface area contributed by atoms with Gasteiger partial charge < -0.3 is 10.0 Å². The van der Waals surface area contributed by atoms with E-state index >= 15 is 0 Å². The second kappa shape index (κ2) is 5.14. The van der Waals surface area contributed by atoms with Crippen LogP contribution >= 0.6 is 22.6 Å². The van der Waals surface area contributed by atoms with Crippen molar-refractivity contribution in [3.05, 3.63) is 21.4 Å². The number of carbonyl (C=O) groups is 1. The van der Waals surface area contributed by atoms with E-state index in [1.807, 2.05) is 22.6 Å². The van der Waals surface area contributed by atoms with E-state index in [2.05, 4.69) is 4.98 Å². The van der Waals surface area contributed by atoms with Crippen molar-refractivity contribution in [1.29, 1.82) is 0 Å². The molecule has 4 nitrogen and oxygen atoms in total. The van der Waals surface area contributed by atoms with E-state index in [1.54, 1.807) is 0 Å². The van der Waals surface area contributed by atoms with Gasteiger partial charge in [0, 0.05) is 6.54 Å². The Morgan fingerprint density at radius 2 is 2.16 bits per heavy atom. The molecule has 0 aliphatic carbocycles. The van der Waals surface area contributed by atoms with Crippen LogP contribution in [0.15, 0.2) is 12.1 Å². The Morgan fingerprint density at radius 1 is 1.47 bits per heavy atom. The van der Waals surface area contributed by atoms with E-state index in [1.165, 1.54) is 11.0 Å². The fraction of sp³-hybridized carbons (Fsp3) is 0.455. The van der Waals surface area contributed by atoms with Crippen molar-refractivity contribution >= 4 is 34.4 Å². The summed E-state index contributed by atoms with van der Waals surface area (Å²) in [6, 6.07) is 1.41. The van der Waals surface area contributed by atoms with Crippen LogP contribution in [-0.2, 0) is 11.0 Å². The first-order chi connectivity index (χ1) is 8.80. The molecule has 0 unspecified atom stereocenters. The second-order valence-corrected chi connectivity index (χ2v) is 5.35. The fourth-order valence-corrected chi connectivity index (χ4v) is 2.68. The molecule has 0 spiro atoms. The highest BCUT2D eigenvalue weighted by Crippen LogP contribution is 2.33. The lowest BCUT2D eigenvalue weighted by Gasteiger charge is -2.24. The summed E-state index contributed by atoms with van der Waals surface area (Å²) < 4.78 is 38.4. The topological polar surface area (TPSA) is 53.4 Å². The first-order valence-corrected chi connectivity index (χ1v) is 6.62. The highest BCUT2D eigenvalue weighted by atomic mass is 127. The molecule has 1 aliphatic rings. The van der Waals surface area contributed by atoms with Gasteiger partial charge in [0.15, 0.2) is 0 Å². The smallest absolute Gasteiger partial charge is 0.433 e. The maximum absolute atomic E-state index is 12.6. The number of carboxylic acids is 1. The number of carboxylic acid groups (broad SMARTS) is 1. The van der Waals surface area contributed by atoms with E-state index < -0.39 is 23.9 Å². The molecule has 1 aromatic rings. The number of hydrogen-bond acceptors (Lipinski definition) is 3. The van der Waals surface area contributed by atoms with Gasteiger partial charge in [-0.15, -0.1) is 0 Å². The molecule has 0 aromatic carbocycles. The van der Waals surface area contributed by atoms with Crippen molar-refractivity contribution in [3.63, 3.8) is 0 Å². The molecular weight excluding hydrogens is 376 g/mol. The molecule has 19 heavy (non-hydrogen) atoms. The Morgan fingerprint density at radius 3 is 2.74 bits per heavy atom. The lowest BCUT2D eigenvalue weighted by atomic mass is 10.2. The molecule has 1 atom stereocenters. The van der Waals surface area contributed by atoms with Gasteiger partial charge in [-0.2, -0.15) is 13.2 Å². The first-order valence-electron chi connectivity index (χ1n) is 5.54. The number of alkyl halides is 3. The Bertz CT molecular complexity index is 507. The molecular formula is C11H10F3IN2O2. The van der Waals surface area contributed by atoms with Crippen LogP contribution in [0.3, 0.4) is 0 Å². The maximum Gasteiger partial charge on any atom is 0.433 e. The monoisotopic (exact) mass is 386 g/mol. The third-order valence-electron chi connectivity index (χ3n) is 2.93. The average molecular weight is 386 g/mol. The molecule has 2 rings (SSSR count). The molecule has 2 heterocycles. The SMILES string of the molecule is O=C(O)[C@@H]1CCCN1c1nc(C(F)(F)F)ccc1I. The van der Waals surface area contributed by atoms with Crippen molar-refractivity contribution in [2.24, 2.45) is 0 Å². The molecule has 1 fully saturated rings. The predicted octanol–water partition coefficient (Wildman–Crippen LogP) is 2.76. The minimum Gasteiger partial charge on any atom is -0.480 e. The summed E-state index contributed by atoms with van der Waals surface area (Å²) in [5.74, 6) is -0.937. The van der Waals surface area contributed by atoms with E-state index in [0.717, 1.165) is 6.07 Å². The van der Waals surface area contributed by atoms with Crippen LogP contribution in [0.4, 0.5) is 19.0 Å². The number of aliphatic carboxylic acids is 1. The normalized spacial score (nSPS) is 19.8. The molecule has 8 heteroatoms. The number of anilines is 1. The number of hydrogen-bond donors (Lipinski definition) is 1. The number of rotatable bonds is 2. The fourth-order valence-electron chi connectivity index (χ4n) is 2.07. The van der Waals surface area contributed by atoms with Gasteiger partial charge in [-0.05, 0) is 47.6 Å². The zero-order chi connectivity index (χ0) is 14.2. The van der Waals surface area contributed by atoms with E-state index in [-0.39, 0.29) is 5.82 Å². The van der Waals surface area contributed by atoms with Crippen LogP contribution in [0.2, 0.25) is 0 Å². The summed E-state index contributed by atoms with van der Waals surface area (Å²) in [5, 5.41) is 9.07. The summed E-state index contributed by atoms with van der Waals surface area (Å²) in [5.41, 5.74) is -1.00. The molecule has 1 N–H and O–H groups in total. The summed E-state index contributed by atoms with van der Waals surface area (Å²) in [6.07, 6.45) is -3.48. The van der Waals surface area contributed by atoms with Crippen LogP contribution in [0, 0.1) is 3.57 Å². The van der Waals surface area contributed by atoms with Crippen molar-refractivity contribution in [3.8, 4) is 0 Å². The van der Waals surface area contributed by atoms with Gasteiger partial charge in [0.05, 0.1) is 3.57 Å². The van der Waals surface area contributed by atoms with Crippen LogP contribution in [0.5, 0.6) is 0 Å². The van der Waals surface area contributed by atoms with Crippen molar-refractivity contribution < 1.29 is 23.1 Å². The summed E-state index contributed by atoms with van der Waals surface area (Å²) in [6.45, 7) is 0.404. The zero-order valence-corrected chi connectivity index (χ0v) is 11.8. The van der Waals surface area contributed by atoms with Crippen LogP contribution < -0.4 is 4.90 Å². The number of halogens is 4. The molecule has 1 saturated heterocycles. The quantitative estimate of drug-likeness (QED) is 0.795. The number of nitrogens with zero attached hydrogens (tertiary/aromatic N) is 2. The lowest BCUT2D eigenvalue weighted by Crippen LogP contribution is -2.37. The van der Waals surface area contributed by atoms with Gasteiger partial charge in [0.25, 0.3) is 0 Å². The average Bonchev–Trinajstić information content (AvgIpc) is 2.76. The third-order valence-corrected chi connectivity index (χ3v) is 3.77. The van der Waals surface area contributed by atoms with E-state index in [9.17, 15) is 18.0 Å². The zero-order valence-electron chi connectivity index (χ0n) is 9.62. The Hall–Kier alpha value is -1.06. The lowest BCUT2D eigenvalue weighted by molar-refractivity contribution is -0.141. The highest BCUT2D eigenvalue weighted by Gasteiger charge is 2.36. The van der Waals surface area contributed by atoms with Gasteiger partial charge in [0.1, 0.15) is 17.6 Å². The van der Waals surface area contributed by atoms with Crippen molar-refractivity contribution in [1.82, 2.24) is 4.98 Å². The molecule has 1 aromatic heterocycles. The largest absolute Gasteiger partial charge is 0.480 e. The molecule has 0 saturated carbocycles. The van der Waals surface area contributed by atoms with Crippen molar-refractivity contribution in [2.75, 3.05) is 11.4 Å². The van der Waals surface area contributed by atoms with Gasteiger partial charge in [-0.25, -0.2) is 9.78 Å². The molecule has 104 valence electrons. The van der Waals surface area contributed by atoms with Gasteiger partial charge in [-0.3, -0.25) is 0 Å². The summed E-state index contributed by atoms with van der Waals surface area (Å²) in [4.78, 5) is 16.1. The van der Waals surface area contributed by atoms with Gasteiger partial charge >= 0.3 is 12.1 Å². The van der Waals surface area contributed by atoms with Crippen LogP contribution in [0.25, 0.3) is 0 Å². The van der Waals surface area contributed by atoms with Gasteiger partial charge in [-0.1, -0.05) is 0 Å². The molecule has 0 amide bonds. The third kappa shape index (κ3) is 2.93. The second-order valence-electron chi connectivity index (χ2n) is 4.19. The molecule has 0 radical (unpaired) electrons. The van der Waals surface area contributed by atoms with E-state index in [4.69, 9.17) is 5.11 Å². The first kappa shape index (κ1) is 14.4. The maximum atomic E-state index is 12.6. The minimum atomic E-state index is -4.53. The Kier molecular flexibility index (Phi) is 3.88. The highest BCUT2D eigenvalue weighted by molar-refractivity contribution is 14.1. The van der Waals surface area contributed by atoms with Gasteiger partial charge in [0.2, 0.25) is 0 Å². The number of aromatic nitrogens is 1. The van der Waals surface area contributed by atoms with Crippen LogP contribution in [-0.4, -0.2) is 28.6 Å². The summed E-state index contributed by atoms with van der Waals surface area (Å²) in [7, 11) is 0.